The summed E-state index contributed by atoms with van der Waals surface area (Å²) < 4.78 is 18.9. The van der Waals surface area contributed by atoms with Crippen LogP contribution in [-0.4, -0.2) is 30.4 Å². The largest absolute Gasteiger partial charge is 0.388 e. The highest BCUT2D eigenvalue weighted by Crippen LogP contribution is 2.22. The summed E-state index contributed by atoms with van der Waals surface area (Å²) in [4.78, 5) is 0. The van der Waals surface area contributed by atoms with E-state index in [2.05, 4.69) is 5.32 Å². The van der Waals surface area contributed by atoms with Crippen LogP contribution in [0.1, 0.15) is 25.0 Å². The molecule has 0 radical (unpaired) electrons. The minimum atomic E-state index is -0.789. The molecular weight excluding hydrogens is 221 g/mol. The maximum Gasteiger partial charge on any atom is 0.128 e. The number of hydrogen-bond donors (Lipinski definition) is 2. The normalized spacial score (nSPS) is 26.8. The molecule has 1 aromatic rings. The van der Waals surface area contributed by atoms with E-state index in [4.69, 9.17) is 4.74 Å². The molecule has 0 bridgehead atoms. The summed E-state index contributed by atoms with van der Waals surface area (Å²) in [6.07, 6.45) is -0.326. The number of benzene rings is 1. The van der Waals surface area contributed by atoms with Gasteiger partial charge in [0.1, 0.15) is 5.82 Å². The average Bonchev–Trinajstić information content (AvgIpc) is 2.29. The number of rotatable bonds is 3. The lowest BCUT2D eigenvalue weighted by Gasteiger charge is -2.30. The number of halogens is 1. The number of nitrogens with one attached hydrogen (secondary N) is 1. The van der Waals surface area contributed by atoms with Gasteiger partial charge in [0.2, 0.25) is 0 Å². The van der Waals surface area contributed by atoms with Crippen LogP contribution in [0.2, 0.25) is 0 Å². The van der Waals surface area contributed by atoms with Crippen molar-refractivity contribution in [2.45, 2.75) is 31.5 Å². The number of aliphatic hydroxyl groups excluding tert-OH is 1. The van der Waals surface area contributed by atoms with E-state index < -0.39 is 6.10 Å². The summed E-state index contributed by atoms with van der Waals surface area (Å²) in [5.74, 6) is -0.357. The van der Waals surface area contributed by atoms with Crippen LogP contribution in [0.4, 0.5) is 4.39 Å². The summed E-state index contributed by atoms with van der Waals surface area (Å²) in [5, 5.41) is 13.3. The lowest BCUT2D eigenvalue weighted by molar-refractivity contribution is 0.0298. The van der Waals surface area contributed by atoms with Gasteiger partial charge >= 0.3 is 0 Å². The Bertz CT molecular complexity index is 372. The molecule has 0 spiro atoms. The molecule has 1 aliphatic heterocycles. The second-order valence-electron chi connectivity index (χ2n) is 4.58. The van der Waals surface area contributed by atoms with Crippen molar-refractivity contribution in [2.24, 2.45) is 0 Å². The second kappa shape index (κ2) is 5.58. The topological polar surface area (TPSA) is 41.5 Å². The van der Waals surface area contributed by atoms with Crippen molar-refractivity contribution in [3.05, 3.63) is 35.6 Å². The SMILES string of the molecule is CC1COCC(CC(O)c2ccccc2F)N1. The van der Waals surface area contributed by atoms with Crippen LogP contribution < -0.4 is 5.32 Å². The Morgan fingerprint density at radius 2 is 2.24 bits per heavy atom. The van der Waals surface area contributed by atoms with Crippen LogP contribution in [0.3, 0.4) is 0 Å². The number of ether oxygens (including phenoxy) is 1. The van der Waals surface area contributed by atoms with Gasteiger partial charge in [-0.05, 0) is 19.4 Å². The minimum Gasteiger partial charge on any atom is -0.388 e. The molecule has 0 aromatic heterocycles. The molecule has 1 aliphatic rings. The first-order chi connectivity index (χ1) is 8.16. The van der Waals surface area contributed by atoms with E-state index in [1.807, 2.05) is 6.92 Å². The first-order valence-electron chi connectivity index (χ1n) is 5.93. The molecule has 3 atom stereocenters. The van der Waals surface area contributed by atoms with Gasteiger partial charge in [0, 0.05) is 17.6 Å². The molecule has 2 N–H and O–H groups in total. The van der Waals surface area contributed by atoms with Gasteiger partial charge < -0.3 is 15.2 Å². The van der Waals surface area contributed by atoms with Gasteiger partial charge in [-0.3, -0.25) is 0 Å². The van der Waals surface area contributed by atoms with Gasteiger partial charge in [-0.25, -0.2) is 4.39 Å². The summed E-state index contributed by atoms with van der Waals surface area (Å²) >= 11 is 0. The highest BCUT2D eigenvalue weighted by Gasteiger charge is 2.23. The first-order valence-corrected chi connectivity index (χ1v) is 5.93. The van der Waals surface area contributed by atoms with E-state index in [0.29, 0.717) is 25.2 Å². The van der Waals surface area contributed by atoms with Gasteiger partial charge in [-0.1, -0.05) is 18.2 Å². The van der Waals surface area contributed by atoms with E-state index in [1.54, 1.807) is 18.2 Å². The predicted molar refractivity (Wildman–Crippen MR) is 63.2 cm³/mol. The quantitative estimate of drug-likeness (QED) is 0.842. The molecule has 4 heteroatoms. The Kier molecular flexibility index (Phi) is 4.10. The van der Waals surface area contributed by atoms with Crippen LogP contribution in [0.25, 0.3) is 0 Å². The predicted octanol–water partition coefficient (Wildman–Crippen LogP) is 1.63. The van der Waals surface area contributed by atoms with Gasteiger partial charge in [-0.15, -0.1) is 0 Å². The summed E-state index contributed by atoms with van der Waals surface area (Å²) in [6.45, 7) is 3.28. The monoisotopic (exact) mass is 239 g/mol. The summed E-state index contributed by atoms with van der Waals surface area (Å²) in [7, 11) is 0. The molecule has 94 valence electrons. The fourth-order valence-electron chi connectivity index (χ4n) is 2.16. The standard InChI is InChI=1S/C13H18FNO2/c1-9-7-17-8-10(15-9)6-13(16)11-4-2-3-5-12(11)14/h2-5,9-10,13,15-16H,6-8H2,1H3. The van der Waals surface area contributed by atoms with Gasteiger partial charge in [0.15, 0.2) is 0 Å². The van der Waals surface area contributed by atoms with Gasteiger partial charge in [-0.2, -0.15) is 0 Å². The average molecular weight is 239 g/mol. The molecule has 17 heavy (non-hydrogen) atoms. The second-order valence-corrected chi connectivity index (χ2v) is 4.58. The van der Waals surface area contributed by atoms with Crippen LogP contribution in [0, 0.1) is 5.82 Å². The van der Waals surface area contributed by atoms with Crippen molar-refractivity contribution in [1.82, 2.24) is 5.32 Å². The Hall–Kier alpha value is -0.970. The third kappa shape index (κ3) is 3.25. The van der Waals surface area contributed by atoms with E-state index in [-0.39, 0.29) is 17.9 Å². The lowest BCUT2D eigenvalue weighted by atomic mass is 10.0. The molecule has 1 heterocycles. The van der Waals surface area contributed by atoms with Gasteiger partial charge in [0.05, 0.1) is 19.3 Å². The first kappa shape index (κ1) is 12.5. The Morgan fingerprint density at radius 1 is 1.47 bits per heavy atom. The molecule has 0 aliphatic carbocycles. The van der Waals surface area contributed by atoms with Crippen LogP contribution >= 0.6 is 0 Å². The zero-order valence-corrected chi connectivity index (χ0v) is 9.90. The van der Waals surface area contributed by atoms with Crippen molar-refractivity contribution in [3.8, 4) is 0 Å². The lowest BCUT2D eigenvalue weighted by Crippen LogP contribution is -2.47. The van der Waals surface area contributed by atoms with E-state index in [0.717, 1.165) is 0 Å². The Morgan fingerprint density at radius 3 is 2.94 bits per heavy atom. The third-order valence-electron chi connectivity index (χ3n) is 2.98. The fourth-order valence-corrected chi connectivity index (χ4v) is 2.16. The van der Waals surface area contributed by atoms with Gasteiger partial charge in [0.25, 0.3) is 0 Å². The van der Waals surface area contributed by atoms with Crippen molar-refractivity contribution in [3.63, 3.8) is 0 Å². The molecule has 1 saturated heterocycles. The minimum absolute atomic E-state index is 0.0772. The maximum absolute atomic E-state index is 13.5. The highest BCUT2D eigenvalue weighted by molar-refractivity contribution is 5.19. The fraction of sp³-hybridized carbons (Fsp3) is 0.538. The number of morpholine rings is 1. The van der Waals surface area contributed by atoms with Crippen molar-refractivity contribution in [2.75, 3.05) is 13.2 Å². The molecule has 3 unspecified atom stereocenters. The van der Waals surface area contributed by atoms with E-state index >= 15 is 0 Å². The Labute approximate surface area is 101 Å². The molecule has 1 fully saturated rings. The van der Waals surface area contributed by atoms with Crippen LogP contribution in [0.15, 0.2) is 24.3 Å². The van der Waals surface area contributed by atoms with E-state index in [9.17, 15) is 9.50 Å². The maximum atomic E-state index is 13.5. The Balaban J connectivity index is 1.97. The molecule has 0 saturated carbocycles. The number of aliphatic hydroxyl groups is 1. The highest BCUT2D eigenvalue weighted by atomic mass is 19.1. The van der Waals surface area contributed by atoms with Crippen LogP contribution in [0.5, 0.6) is 0 Å². The molecular formula is C13H18FNO2. The summed E-state index contributed by atoms with van der Waals surface area (Å²) in [6, 6.07) is 6.69. The number of hydrogen-bond acceptors (Lipinski definition) is 3. The van der Waals surface area contributed by atoms with Crippen molar-refractivity contribution in [1.29, 1.82) is 0 Å². The molecule has 1 aromatic carbocycles. The van der Waals surface area contributed by atoms with Crippen LogP contribution in [-0.2, 0) is 4.74 Å². The zero-order chi connectivity index (χ0) is 12.3. The zero-order valence-electron chi connectivity index (χ0n) is 9.90. The smallest absolute Gasteiger partial charge is 0.128 e. The van der Waals surface area contributed by atoms with Crippen molar-refractivity contribution < 1.29 is 14.2 Å². The molecule has 3 nitrogen and oxygen atoms in total. The molecule has 2 rings (SSSR count). The van der Waals surface area contributed by atoms with Crippen molar-refractivity contribution >= 4 is 0 Å². The summed E-state index contributed by atoms with van der Waals surface area (Å²) in [5.41, 5.74) is 0.354. The molecule has 0 amide bonds. The third-order valence-corrected chi connectivity index (χ3v) is 2.98. The van der Waals surface area contributed by atoms with E-state index in [1.165, 1.54) is 6.07 Å².